The van der Waals surface area contributed by atoms with E-state index >= 15 is 0 Å². The van der Waals surface area contributed by atoms with Crippen LogP contribution in [0.15, 0.2) is 52.2 Å². The smallest absolute Gasteiger partial charge is 0.323 e. The molecule has 160 valence electrons. The highest BCUT2D eigenvalue weighted by Gasteiger charge is 2.49. The standard InChI is InChI=1S/C20H22N4O4S.ClH/c1-28-14-4-2-12(3-5-14)19-16-10-21-9-13(16)11-24(19)29(26,27)15-6-7-17-18(8-15)23-20(25)22-17;/h2-8,13,16,19,21H,9-11H2,1H3,(H2,22,23,25);1H/t13-,16-,19-;/m0./s1. The molecule has 0 bridgehead atoms. The number of imidazole rings is 1. The average molecular weight is 451 g/mol. The Hall–Kier alpha value is -2.33. The summed E-state index contributed by atoms with van der Waals surface area (Å²) in [6, 6.07) is 12.1. The summed E-state index contributed by atoms with van der Waals surface area (Å²) in [6.07, 6.45) is 0. The fraction of sp³-hybridized carbons (Fsp3) is 0.350. The van der Waals surface area contributed by atoms with Crippen LogP contribution in [0.1, 0.15) is 11.6 Å². The van der Waals surface area contributed by atoms with Crippen LogP contribution >= 0.6 is 12.4 Å². The van der Waals surface area contributed by atoms with E-state index in [1.165, 1.54) is 6.07 Å². The van der Waals surface area contributed by atoms with Crippen molar-refractivity contribution < 1.29 is 13.2 Å². The molecule has 2 saturated heterocycles. The van der Waals surface area contributed by atoms with E-state index in [1.807, 2.05) is 24.3 Å². The number of benzene rings is 2. The van der Waals surface area contributed by atoms with Gasteiger partial charge < -0.3 is 20.0 Å². The Morgan fingerprint density at radius 2 is 1.77 bits per heavy atom. The van der Waals surface area contributed by atoms with Gasteiger partial charge in [0.1, 0.15) is 5.75 Å². The van der Waals surface area contributed by atoms with Gasteiger partial charge in [0.25, 0.3) is 0 Å². The largest absolute Gasteiger partial charge is 0.497 e. The zero-order valence-corrected chi connectivity index (χ0v) is 17.9. The van der Waals surface area contributed by atoms with Crippen LogP contribution in [0.25, 0.3) is 11.0 Å². The summed E-state index contributed by atoms with van der Waals surface area (Å²) in [5, 5.41) is 3.40. The summed E-state index contributed by atoms with van der Waals surface area (Å²) in [6.45, 7) is 2.07. The summed E-state index contributed by atoms with van der Waals surface area (Å²) in [5.41, 5.74) is 1.68. The second-order valence-corrected chi connectivity index (χ2v) is 9.55. The molecule has 8 nitrogen and oxygen atoms in total. The number of fused-ring (bicyclic) bond motifs is 2. The fourth-order valence-electron chi connectivity index (χ4n) is 4.65. The molecule has 2 aromatic carbocycles. The maximum absolute atomic E-state index is 13.6. The Morgan fingerprint density at radius 1 is 1.03 bits per heavy atom. The molecule has 1 aromatic heterocycles. The molecule has 10 heteroatoms. The van der Waals surface area contributed by atoms with E-state index in [0.29, 0.717) is 17.6 Å². The second kappa shape index (κ2) is 7.73. The number of aromatic amines is 2. The number of ether oxygens (including phenoxy) is 1. The number of hydrogen-bond donors (Lipinski definition) is 3. The molecule has 0 unspecified atom stereocenters. The number of hydrogen-bond acceptors (Lipinski definition) is 5. The molecule has 2 fully saturated rings. The Labute approximate surface area is 180 Å². The number of H-pyrrole nitrogens is 2. The summed E-state index contributed by atoms with van der Waals surface area (Å²) in [4.78, 5) is 17.0. The van der Waals surface area contributed by atoms with Crippen molar-refractivity contribution in [1.82, 2.24) is 19.6 Å². The lowest BCUT2D eigenvalue weighted by Crippen LogP contribution is -2.34. The van der Waals surface area contributed by atoms with Gasteiger partial charge in [-0.2, -0.15) is 4.31 Å². The summed E-state index contributed by atoms with van der Waals surface area (Å²) >= 11 is 0. The van der Waals surface area contributed by atoms with Crippen LogP contribution in [0.5, 0.6) is 5.75 Å². The van der Waals surface area contributed by atoms with Gasteiger partial charge in [0.2, 0.25) is 10.0 Å². The first-order valence-electron chi connectivity index (χ1n) is 9.56. The van der Waals surface area contributed by atoms with Crippen molar-refractivity contribution in [3.05, 3.63) is 58.5 Å². The molecule has 5 rings (SSSR count). The zero-order chi connectivity index (χ0) is 20.2. The van der Waals surface area contributed by atoms with E-state index in [0.717, 1.165) is 24.4 Å². The highest BCUT2D eigenvalue weighted by atomic mass is 35.5. The third-order valence-corrected chi connectivity index (χ3v) is 7.92. The van der Waals surface area contributed by atoms with E-state index in [1.54, 1.807) is 23.5 Å². The van der Waals surface area contributed by atoms with Crippen molar-refractivity contribution >= 4 is 33.5 Å². The lowest BCUT2D eigenvalue weighted by Gasteiger charge is -2.28. The third-order valence-electron chi connectivity index (χ3n) is 6.07. The van der Waals surface area contributed by atoms with E-state index in [2.05, 4.69) is 15.3 Å². The van der Waals surface area contributed by atoms with Gasteiger partial charge in [-0.25, -0.2) is 13.2 Å². The summed E-state index contributed by atoms with van der Waals surface area (Å²) in [5.74, 6) is 1.23. The van der Waals surface area contributed by atoms with Crippen LogP contribution in [0, 0.1) is 11.8 Å². The molecular weight excluding hydrogens is 428 g/mol. The van der Waals surface area contributed by atoms with Gasteiger partial charge in [-0.3, -0.25) is 0 Å². The van der Waals surface area contributed by atoms with E-state index in [4.69, 9.17) is 4.74 Å². The molecule has 3 heterocycles. The molecule has 0 radical (unpaired) electrons. The second-order valence-electron chi connectivity index (χ2n) is 7.66. The van der Waals surface area contributed by atoms with Crippen LogP contribution in [0.3, 0.4) is 0 Å². The topological polar surface area (TPSA) is 107 Å². The molecule has 0 amide bonds. The normalized spacial score (nSPS) is 24.0. The Bertz CT molecular complexity index is 1220. The summed E-state index contributed by atoms with van der Waals surface area (Å²) < 4.78 is 34.1. The molecule has 3 N–H and O–H groups in total. The van der Waals surface area contributed by atoms with Crippen molar-refractivity contribution in [1.29, 1.82) is 0 Å². The number of aromatic nitrogens is 2. The molecule has 0 spiro atoms. The van der Waals surface area contributed by atoms with Crippen LogP contribution in [-0.4, -0.2) is 49.4 Å². The lowest BCUT2D eigenvalue weighted by atomic mass is 9.90. The Kier molecular flexibility index (Phi) is 5.39. The third kappa shape index (κ3) is 3.31. The van der Waals surface area contributed by atoms with Gasteiger partial charge >= 0.3 is 5.69 Å². The summed E-state index contributed by atoms with van der Waals surface area (Å²) in [7, 11) is -2.13. The SMILES string of the molecule is COc1ccc([C@H]2[C@H]3CNC[C@H]3CN2S(=O)(=O)c2ccc3[nH]c(=O)[nH]c3c2)cc1.Cl. The molecule has 3 aromatic rings. The number of methoxy groups -OCH3 is 1. The van der Waals surface area contributed by atoms with Gasteiger partial charge in [-0.1, -0.05) is 12.1 Å². The zero-order valence-electron chi connectivity index (χ0n) is 16.3. The van der Waals surface area contributed by atoms with Gasteiger partial charge in [0.05, 0.1) is 29.1 Å². The monoisotopic (exact) mass is 450 g/mol. The van der Waals surface area contributed by atoms with Crippen LogP contribution in [-0.2, 0) is 10.0 Å². The minimum atomic E-state index is -3.74. The molecule has 2 aliphatic heterocycles. The molecular formula is C20H23ClN4O4S. The first kappa shape index (κ1) is 20.9. The van der Waals surface area contributed by atoms with Gasteiger partial charge in [-0.05, 0) is 54.3 Å². The Balaban J connectivity index is 0.00000218. The lowest BCUT2D eigenvalue weighted by molar-refractivity contribution is 0.345. The molecule has 0 saturated carbocycles. The van der Waals surface area contributed by atoms with Crippen molar-refractivity contribution in [2.45, 2.75) is 10.9 Å². The molecule has 0 aliphatic carbocycles. The van der Waals surface area contributed by atoms with Crippen LogP contribution in [0.4, 0.5) is 0 Å². The van der Waals surface area contributed by atoms with Gasteiger partial charge in [0, 0.05) is 13.1 Å². The Morgan fingerprint density at radius 3 is 2.50 bits per heavy atom. The number of nitrogens with one attached hydrogen (secondary N) is 3. The minimum Gasteiger partial charge on any atom is -0.497 e. The maximum Gasteiger partial charge on any atom is 0.323 e. The number of nitrogens with zero attached hydrogens (tertiary/aromatic N) is 1. The van der Waals surface area contributed by atoms with E-state index < -0.39 is 10.0 Å². The predicted octanol–water partition coefficient (Wildman–Crippen LogP) is 1.87. The van der Waals surface area contributed by atoms with Crippen molar-refractivity contribution in [3.63, 3.8) is 0 Å². The maximum atomic E-state index is 13.6. The van der Waals surface area contributed by atoms with Crippen molar-refractivity contribution in [2.24, 2.45) is 11.8 Å². The predicted molar refractivity (Wildman–Crippen MR) is 116 cm³/mol. The molecule has 30 heavy (non-hydrogen) atoms. The quantitative estimate of drug-likeness (QED) is 0.562. The van der Waals surface area contributed by atoms with Gasteiger partial charge in [0.15, 0.2) is 0 Å². The average Bonchev–Trinajstić information content (AvgIpc) is 3.40. The molecule has 3 atom stereocenters. The first-order valence-corrected chi connectivity index (χ1v) is 11.0. The number of sulfonamides is 1. The van der Waals surface area contributed by atoms with Crippen molar-refractivity contribution in [3.8, 4) is 5.75 Å². The minimum absolute atomic E-state index is 0. The first-order chi connectivity index (χ1) is 14.0. The van der Waals surface area contributed by atoms with Crippen molar-refractivity contribution in [2.75, 3.05) is 26.7 Å². The highest BCUT2D eigenvalue weighted by Crippen LogP contribution is 2.45. The van der Waals surface area contributed by atoms with E-state index in [-0.39, 0.29) is 40.9 Å². The number of rotatable bonds is 4. The van der Waals surface area contributed by atoms with E-state index in [9.17, 15) is 13.2 Å². The highest BCUT2D eigenvalue weighted by molar-refractivity contribution is 7.89. The molecule has 2 aliphatic rings. The fourth-order valence-corrected chi connectivity index (χ4v) is 6.39. The van der Waals surface area contributed by atoms with Crippen LogP contribution in [0.2, 0.25) is 0 Å². The van der Waals surface area contributed by atoms with Gasteiger partial charge in [-0.15, -0.1) is 12.4 Å². The van der Waals surface area contributed by atoms with Crippen LogP contribution < -0.4 is 15.7 Å². The number of halogens is 1.